The number of nitrogens with two attached hydrogens (primary N) is 1. The molecular formula is C10H9Cl2NO. The van der Waals surface area contributed by atoms with Gasteiger partial charge >= 0.3 is 0 Å². The minimum atomic E-state index is -0.177. The van der Waals surface area contributed by atoms with Crippen molar-refractivity contribution in [2.75, 3.05) is 6.54 Å². The van der Waals surface area contributed by atoms with E-state index in [4.69, 9.17) is 29.6 Å². The van der Waals surface area contributed by atoms with Gasteiger partial charge < -0.3 is 10.4 Å². The van der Waals surface area contributed by atoms with E-state index in [1.165, 1.54) is 6.07 Å². The lowest BCUT2D eigenvalue weighted by Gasteiger charge is -2.14. The summed E-state index contributed by atoms with van der Waals surface area (Å²) in [6.07, 6.45) is 5.08. The van der Waals surface area contributed by atoms with Crippen LogP contribution in [0, 0.1) is 12.3 Å². The Morgan fingerprint density at radius 3 is 2.79 bits per heavy atom. The summed E-state index contributed by atoms with van der Waals surface area (Å²) in [5.74, 6) is 2.29. The standard InChI is InChI=1S/C10H9Cl2NO/c1-2-3-13-6-7-4-8(11)5-9(12)10(7)14/h1,4-5,13-14H,3,6H2. The SMILES string of the molecule is C#CC[NH2+]Cc1cc(Cl)cc(Cl)c1[O-]. The maximum Gasteiger partial charge on any atom is 0.137 e. The Labute approximate surface area is 92.8 Å². The molecule has 1 aromatic rings. The average Bonchev–Trinajstić information content (AvgIpc) is 2.13. The van der Waals surface area contributed by atoms with Crippen molar-refractivity contribution in [2.45, 2.75) is 6.54 Å². The van der Waals surface area contributed by atoms with E-state index in [1.807, 2.05) is 5.32 Å². The van der Waals surface area contributed by atoms with E-state index >= 15 is 0 Å². The van der Waals surface area contributed by atoms with Crippen molar-refractivity contribution >= 4 is 23.2 Å². The molecule has 14 heavy (non-hydrogen) atoms. The summed E-state index contributed by atoms with van der Waals surface area (Å²) in [4.78, 5) is 0. The van der Waals surface area contributed by atoms with Gasteiger partial charge in [-0.1, -0.05) is 29.0 Å². The molecule has 0 aliphatic carbocycles. The summed E-state index contributed by atoms with van der Waals surface area (Å²) in [6, 6.07) is 3.05. The van der Waals surface area contributed by atoms with Crippen LogP contribution in [0.3, 0.4) is 0 Å². The van der Waals surface area contributed by atoms with E-state index in [0.717, 1.165) is 0 Å². The third-order valence-electron chi connectivity index (χ3n) is 1.71. The van der Waals surface area contributed by atoms with Crippen LogP contribution in [0.1, 0.15) is 5.56 Å². The lowest BCUT2D eigenvalue weighted by atomic mass is 10.2. The van der Waals surface area contributed by atoms with Gasteiger partial charge in [0.15, 0.2) is 0 Å². The lowest BCUT2D eigenvalue weighted by Crippen LogP contribution is -2.82. The Bertz CT molecular complexity index is 371. The van der Waals surface area contributed by atoms with Gasteiger partial charge in [-0.15, -0.1) is 6.42 Å². The van der Waals surface area contributed by atoms with Crippen LogP contribution in [0.5, 0.6) is 5.75 Å². The van der Waals surface area contributed by atoms with Gasteiger partial charge in [0.25, 0.3) is 0 Å². The molecule has 0 unspecified atom stereocenters. The van der Waals surface area contributed by atoms with Crippen molar-refractivity contribution in [3.05, 3.63) is 27.7 Å². The van der Waals surface area contributed by atoms with E-state index in [9.17, 15) is 5.11 Å². The fourth-order valence-corrected chi connectivity index (χ4v) is 1.61. The molecule has 0 amide bonds. The summed E-state index contributed by atoms with van der Waals surface area (Å²) in [5, 5.41) is 13.9. The van der Waals surface area contributed by atoms with Gasteiger partial charge in [0.2, 0.25) is 0 Å². The third-order valence-corrected chi connectivity index (χ3v) is 2.21. The molecule has 0 heterocycles. The Morgan fingerprint density at radius 1 is 1.43 bits per heavy atom. The number of hydrogen-bond acceptors (Lipinski definition) is 1. The van der Waals surface area contributed by atoms with Crippen LogP contribution in [-0.4, -0.2) is 6.54 Å². The van der Waals surface area contributed by atoms with Crippen molar-refractivity contribution in [1.29, 1.82) is 0 Å². The maximum atomic E-state index is 11.5. The lowest BCUT2D eigenvalue weighted by molar-refractivity contribution is -0.660. The molecular weight excluding hydrogens is 221 g/mol. The van der Waals surface area contributed by atoms with Gasteiger partial charge in [0.1, 0.15) is 13.1 Å². The molecule has 1 rings (SSSR count). The van der Waals surface area contributed by atoms with Crippen LogP contribution in [-0.2, 0) is 6.54 Å². The first-order valence-corrected chi connectivity index (χ1v) is 4.80. The van der Waals surface area contributed by atoms with E-state index < -0.39 is 0 Å². The highest BCUT2D eigenvalue weighted by atomic mass is 35.5. The normalized spacial score (nSPS) is 9.79. The Hall–Kier alpha value is -0.880. The summed E-state index contributed by atoms with van der Waals surface area (Å²) < 4.78 is 0. The second-order valence-corrected chi connectivity index (χ2v) is 3.62. The second-order valence-electron chi connectivity index (χ2n) is 2.78. The molecule has 0 radical (unpaired) electrons. The Morgan fingerprint density at radius 2 is 2.14 bits per heavy atom. The topological polar surface area (TPSA) is 39.7 Å². The minimum Gasteiger partial charge on any atom is -0.871 e. The number of terminal acetylenes is 1. The fraction of sp³-hybridized carbons (Fsp3) is 0.200. The molecule has 0 aliphatic rings. The first-order chi connectivity index (χ1) is 6.65. The summed E-state index contributed by atoms with van der Waals surface area (Å²) in [7, 11) is 0. The van der Waals surface area contributed by atoms with Gasteiger partial charge in [-0.25, -0.2) is 0 Å². The van der Waals surface area contributed by atoms with Gasteiger partial charge in [0.05, 0.1) is 0 Å². The Balaban J connectivity index is 2.81. The quantitative estimate of drug-likeness (QED) is 0.604. The first kappa shape index (κ1) is 11.2. The van der Waals surface area contributed by atoms with Crippen LogP contribution < -0.4 is 10.4 Å². The molecule has 0 saturated heterocycles. The van der Waals surface area contributed by atoms with E-state index in [0.29, 0.717) is 23.7 Å². The highest BCUT2D eigenvalue weighted by Gasteiger charge is 2.02. The molecule has 0 aliphatic heterocycles. The van der Waals surface area contributed by atoms with Gasteiger partial charge in [-0.3, -0.25) is 0 Å². The van der Waals surface area contributed by atoms with Crippen molar-refractivity contribution in [2.24, 2.45) is 0 Å². The molecule has 0 aromatic heterocycles. The van der Waals surface area contributed by atoms with Crippen molar-refractivity contribution in [1.82, 2.24) is 0 Å². The Kier molecular flexibility index (Phi) is 4.09. The number of rotatable bonds is 3. The van der Waals surface area contributed by atoms with Crippen molar-refractivity contribution in [3.63, 3.8) is 0 Å². The smallest absolute Gasteiger partial charge is 0.137 e. The first-order valence-electron chi connectivity index (χ1n) is 4.05. The molecule has 74 valence electrons. The van der Waals surface area contributed by atoms with Gasteiger partial charge in [-0.05, 0) is 18.1 Å². The highest BCUT2D eigenvalue weighted by molar-refractivity contribution is 6.35. The number of halogens is 2. The molecule has 0 bridgehead atoms. The zero-order chi connectivity index (χ0) is 10.6. The third kappa shape index (κ3) is 2.81. The molecule has 2 N–H and O–H groups in total. The average molecular weight is 230 g/mol. The summed E-state index contributed by atoms with van der Waals surface area (Å²) in [5.41, 5.74) is 0.581. The van der Waals surface area contributed by atoms with Gasteiger partial charge in [0, 0.05) is 15.6 Å². The predicted octanol–water partition coefficient (Wildman–Crippen LogP) is 0.764. The zero-order valence-corrected chi connectivity index (χ0v) is 8.90. The minimum absolute atomic E-state index is 0.154. The fourth-order valence-electron chi connectivity index (χ4n) is 1.08. The molecule has 0 atom stereocenters. The van der Waals surface area contributed by atoms with Crippen LogP contribution >= 0.6 is 23.2 Å². The van der Waals surface area contributed by atoms with Crippen LogP contribution in [0.2, 0.25) is 10.0 Å². The number of benzene rings is 1. The van der Waals surface area contributed by atoms with Gasteiger partial charge in [-0.2, -0.15) is 0 Å². The maximum absolute atomic E-state index is 11.5. The van der Waals surface area contributed by atoms with Crippen LogP contribution in [0.4, 0.5) is 0 Å². The van der Waals surface area contributed by atoms with Crippen molar-refractivity contribution in [3.8, 4) is 18.1 Å². The largest absolute Gasteiger partial charge is 0.871 e. The number of hydrogen-bond donors (Lipinski definition) is 1. The van der Waals surface area contributed by atoms with Crippen LogP contribution in [0.15, 0.2) is 12.1 Å². The van der Waals surface area contributed by atoms with E-state index in [2.05, 4.69) is 5.92 Å². The second kappa shape index (κ2) is 5.11. The number of quaternary nitrogens is 1. The molecule has 0 fully saturated rings. The van der Waals surface area contributed by atoms with E-state index in [1.54, 1.807) is 6.07 Å². The summed E-state index contributed by atoms with van der Waals surface area (Å²) >= 11 is 11.4. The molecule has 0 saturated carbocycles. The molecule has 2 nitrogen and oxygen atoms in total. The molecule has 4 heteroatoms. The zero-order valence-electron chi connectivity index (χ0n) is 7.39. The van der Waals surface area contributed by atoms with E-state index in [-0.39, 0.29) is 10.8 Å². The molecule has 0 spiro atoms. The van der Waals surface area contributed by atoms with Crippen molar-refractivity contribution < 1.29 is 10.4 Å². The summed E-state index contributed by atoms with van der Waals surface area (Å²) in [6.45, 7) is 1.03. The van der Waals surface area contributed by atoms with Crippen LogP contribution in [0.25, 0.3) is 0 Å². The monoisotopic (exact) mass is 229 g/mol. The predicted molar refractivity (Wildman–Crippen MR) is 55.2 cm³/mol. The highest BCUT2D eigenvalue weighted by Crippen LogP contribution is 2.28. The molecule has 1 aromatic carbocycles.